The van der Waals surface area contributed by atoms with E-state index in [9.17, 15) is 13.6 Å². The Hall–Kier alpha value is -4.18. The van der Waals surface area contributed by atoms with Gasteiger partial charge in [0.1, 0.15) is 29.0 Å². The second-order valence-corrected chi connectivity index (χ2v) is 9.13. The van der Waals surface area contributed by atoms with Gasteiger partial charge in [0.25, 0.3) is 5.91 Å². The lowest BCUT2D eigenvalue weighted by atomic mass is 9.99. The standard InChI is InChI=1S/C28H27F2N5O3/c29-23-6-2-1-5-20(23)15-26-32-27(35-34-26)28(36)33-25-14-19(9-11-31-25)22-16-21(7-8-24(22)30)38-13-10-18-4-3-12-37-17-18/h1-2,5-9,11,14,16,18H,3-4,10,12-13,15,17H2,(H,31,33,36)(H,32,34,35). The zero-order valence-corrected chi connectivity index (χ0v) is 20.6. The lowest BCUT2D eigenvalue weighted by Gasteiger charge is -2.21. The normalized spacial score (nSPS) is 15.3. The van der Waals surface area contributed by atoms with Crippen LogP contribution in [0.25, 0.3) is 11.1 Å². The van der Waals surface area contributed by atoms with Gasteiger partial charge in [0.05, 0.1) is 6.61 Å². The fourth-order valence-corrected chi connectivity index (χ4v) is 4.34. The van der Waals surface area contributed by atoms with Gasteiger partial charge in [-0.05, 0) is 72.7 Å². The summed E-state index contributed by atoms with van der Waals surface area (Å²) in [5.74, 6) is 0.185. The molecule has 1 aliphatic heterocycles. The summed E-state index contributed by atoms with van der Waals surface area (Å²) in [4.78, 5) is 19.7. The Labute approximate surface area is 218 Å². The Morgan fingerprint density at radius 3 is 2.84 bits per heavy atom. The third-order valence-electron chi connectivity index (χ3n) is 6.36. The van der Waals surface area contributed by atoms with Gasteiger partial charge in [-0.3, -0.25) is 4.79 Å². The van der Waals surface area contributed by atoms with Gasteiger partial charge in [0.15, 0.2) is 0 Å². The Morgan fingerprint density at radius 1 is 1.11 bits per heavy atom. The van der Waals surface area contributed by atoms with Crippen molar-refractivity contribution in [1.82, 2.24) is 20.2 Å². The molecule has 2 aromatic heterocycles. The first-order valence-corrected chi connectivity index (χ1v) is 12.5. The summed E-state index contributed by atoms with van der Waals surface area (Å²) < 4.78 is 40.0. The highest BCUT2D eigenvalue weighted by Crippen LogP contribution is 2.29. The van der Waals surface area contributed by atoms with Crippen molar-refractivity contribution in [3.05, 3.63) is 89.6 Å². The lowest BCUT2D eigenvalue weighted by Crippen LogP contribution is -2.19. The molecule has 10 heteroatoms. The Balaban J connectivity index is 1.23. The minimum absolute atomic E-state index is 0.0477. The molecule has 5 rings (SSSR count). The van der Waals surface area contributed by atoms with Gasteiger partial charge in [-0.2, -0.15) is 0 Å². The molecular formula is C28H27F2N5O3. The SMILES string of the molecule is O=C(Nc1cc(-c2cc(OCCC3CCCOC3)ccc2F)ccn1)c1nnc(Cc2ccccc2F)[nH]1. The minimum Gasteiger partial charge on any atom is -0.494 e. The molecule has 1 aliphatic rings. The molecule has 1 saturated heterocycles. The number of H-pyrrole nitrogens is 1. The highest BCUT2D eigenvalue weighted by atomic mass is 19.1. The van der Waals surface area contributed by atoms with E-state index in [-0.39, 0.29) is 23.9 Å². The van der Waals surface area contributed by atoms with Crippen molar-refractivity contribution in [2.75, 3.05) is 25.1 Å². The predicted molar refractivity (Wildman–Crippen MR) is 137 cm³/mol. The summed E-state index contributed by atoms with van der Waals surface area (Å²) in [6.45, 7) is 2.10. The second kappa shape index (κ2) is 11.9. The smallest absolute Gasteiger partial charge is 0.294 e. The number of amides is 1. The molecule has 2 N–H and O–H groups in total. The number of hydrogen-bond acceptors (Lipinski definition) is 6. The molecule has 0 radical (unpaired) electrons. The third-order valence-corrected chi connectivity index (χ3v) is 6.36. The highest BCUT2D eigenvalue weighted by Gasteiger charge is 2.16. The summed E-state index contributed by atoms with van der Waals surface area (Å²) >= 11 is 0. The monoisotopic (exact) mass is 519 g/mol. The number of nitrogens with zero attached hydrogens (tertiary/aromatic N) is 3. The number of nitrogens with one attached hydrogen (secondary N) is 2. The maximum Gasteiger partial charge on any atom is 0.294 e. The summed E-state index contributed by atoms with van der Waals surface area (Å²) in [6, 6.07) is 14.1. The average molecular weight is 520 g/mol. The van der Waals surface area contributed by atoms with E-state index in [4.69, 9.17) is 9.47 Å². The molecule has 3 heterocycles. The number of ether oxygens (including phenoxy) is 2. The summed E-state index contributed by atoms with van der Waals surface area (Å²) in [5, 5.41) is 10.4. The number of hydrogen-bond donors (Lipinski definition) is 2. The van der Waals surface area contributed by atoms with E-state index in [2.05, 4.69) is 25.5 Å². The van der Waals surface area contributed by atoms with Crippen LogP contribution >= 0.6 is 0 Å². The van der Waals surface area contributed by atoms with E-state index in [1.807, 2.05) is 0 Å². The number of aromatic nitrogens is 4. The van der Waals surface area contributed by atoms with Crippen molar-refractivity contribution >= 4 is 11.7 Å². The quantitative estimate of drug-likeness (QED) is 0.316. The number of carbonyl (C=O) groups is 1. The molecule has 196 valence electrons. The predicted octanol–water partition coefficient (Wildman–Crippen LogP) is 5.18. The van der Waals surface area contributed by atoms with Crippen LogP contribution in [0.5, 0.6) is 5.75 Å². The Kier molecular flexibility index (Phi) is 7.98. The number of anilines is 1. The van der Waals surface area contributed by atoms with E-state index >= 15 is 0 Å². The van der Waals surface area contributed by atoms with Crippen LogP contribution in [-0.2, 0) is 11.2 Å². The first-order chi connectivity index (χ1) is 18.5. The molecule has 4 aromatic rings. The highest BCUT2D eigenvalue weighted by molar-refractivity contribution is 6.01. The number of halogens is 2. The molecule has 38 heavy (non-hydrogen) atoms. The van der Waals surface area contributed by atoms with Gasteiger partial charge < -0.3 is 19.8 Å². The van der Waals surface area contributed by atoms with Crippen molar-refractivity contribution < 1.29 is 23.0 Å². The van der Waals surface area contributed by atoms with Crippen LogP contribution < -0.4 is 10.1 Å². The number of rotatable bonds is 9. The molecule has 0 saturated carbocycles. The Bertz CT molecular complexity index is 1400. The molecule has 0 spiro atoms. The number of pyridine rings is 1. The van der Waals surface area contributed by atoms with E-state index in [1.165, 1.54) is 18.3 Å². The fourth-order valence-electron chi connectivity index (χ4n) is 4.34. The zero-order chi connectivity index (χ0) is 26.3. The van der Waals surface area contributed by atoms with Crippen molar-refractivity contribution in [2.45, 2.75) is 25.7 Å². The lowest BCUT2D eigenvalue weighted by molar-refractivity contribution is 0.0462. The largest absolute Gasteiger partial charge is 0.494 e. The topological polar surface area (TPSA) is 102 Å². The van der Waals surface area contributed by atoms with Gasteiger partial charge in [0, 0.05) is 31.4 Å². The van der Waals surface area contributed by atoms with Crippen LogP contribution in [0.1, 0.15) is 41.3 Å². The maximum absolute atomic E-state index is 14.7. The van der Waals surface area contributed by atoms with Crippen LogP contribution in [0.2, 0.25) is 0 Å². The van der Waals surface area contributed by atoms with Gasteiger partial charge >= 0.3 is 0 Å². The van der Waals surface area contributed by atoms with Crippen molar-refractivity contribution in [3.8, 4) is 16.9 Å². The molecule has 1 fully saturated rings. The van der Waals surface area contributed by atoms with Crippen molar-refractivity contribution in [2.24, 2.45) is 5.92 Å². The van der Waals surface area contributed by atoms with E-state index in [1.54, 1.807) is 42.5 Å². The maximum atomic E-state index is 14.7. The molecular weight excluding hydrogens is 492 g/mol. The number of benzene rings is 2. The molecule has 1 atom stereocenters. The van der Waals surface area contributed by atoms with E-state index in [0.717, 1.165) is 32.5 Å². The van der Waals surface area contributed by atoms with Crippen LogP contribution in [0, 0.1) is 17.6 Å². The first-order valence-electron chi connectivity index (χ1n) is 12.5. The van der Waals surface area contributed by atoms with Crippen LogP contribution in [-0.4, -0.2) is 45.9 Å². The van der Waals surface area contributed by atoms with E-state index in [0.29, 0.717) is 40.8 Å². The summed E-state index contributed by atoms with van der Waals surface area (Å²) in [7, 11) is 0. The zero-order valence-electron chi connectivity index (χ0n) is 20.6. The van der Waals surface area contributed by atoms with Gasteiger partial charge in [0.2, 0.25) is 5.82 Å². The third kappa shape index (κ3) is 6.38. The fraction of sp³-hybridized carbons (Fsp3) is 0.286. The second-order valence-electron chi connectivity index (χ2n) is 9.13. The molecule has 2 aromatic carbocycles. The molecule has 1 amide bonds. The minimum atomic E-state index is -0.578. The summed E-state index contributed by atoms with van der Waals surface area (Å²) in [6.07, 6.45) is 4.71. The van der Waals surface area contributed by atoms with E-state index < -0.39 is 11.7 Å². The average Bonchev–Trinajstić information content (AvgIpc) is 3.40. The Morgan fingerprint density at radius 2 is 2.00 bits per heavy atom. The number of carbonyl (C=O) groups excluding carboxylic acids is 1. The first kappa shape index (κ1) is 25.5. The van der Waals surface area contributed by atoms with Crippen molar-refractivity contribution in [1.29, 1.82) is 0 Å². The van der Waals surface area contributed by atoms with Crippen molar-refractivity contribution in [3.63, 3.8) is 0 Å². The molecule has 0 aliphatic carbocycles. The van der Waals surface area contributed by atoms with Crippen LogP contribution in [0.4, 0.5) is 14.6 Å². The number of aromatic amines is 1. The van der Waals surface area contributed by atoms with Crippen LogP contribution in [0.15, 0.2) is 60.8 Å². The summed E-state index contributed by atoms with van der Waals surface area (Å²) in [5.41, 5.74) is 1.28. The molecule has 1 unspecified atom stereocenters. The van der Waals surface area contributed by atoms with Gasteiger partial charge in [-0.15, -0.1) is 10.2 Å². The molecule has 8 nitrogen and oxygen atoms in total. The van der Waals surface area contributed by atoms with Gasteiger partial charge in [-0.25, -0.2) is 13.8 Å². The molecule has 0 bridgehead atoms. The van der Waals surface area contributed by atoms with Gasteiger partial charge in [-0.1, -0.05) is 18.2 Å². The van der Waals surface area contributed by atoms with Crippen LogP contribution in [0.3, 0.4) is 0 Å².